The quantitative estimate of drug-likeness (QED) is 0.463. The Kier molecular flexibility index (Phi) is 4.06. The molecule has 5 rings (SSSR count). The summed E-state index contributed by atoms with van der Waals surface area (Å²) in [6.45, 7) is 0.262. The number of hydrogen-bond acceptors (Lipinski definition) is 7. The van der Waals surface area contributed by atoms with E-state index in [-0.39, 0.29) is 12.5 Å². The average molecular weight is 410 g/mol. The van der Waals surface area contributed by atoms with Crippen LogP contribution in [0.25, 0.3) is 26.7 Å². The number of rotatable bonds is 5. The van der Waals surface area contributed by atoms with Crippen molar-refractivity contribution in [3.63, 3.8) is 0 Å². The number of aromatic nitrogens is 5. The first-order valence-electron chi connectivity index (χ1n) is 8.40. The van der Waals surface area contributed by atoms with Gasteiger partial charge in [0.1, 0.15) is 16.4 Å². The molecule has 0 fully saturated rings. The number of fused-ring (bicyclic) bond motifs is 3. The summed E-state index contributed by atoms with van der Waals surface area (Å²) in [7, 11) is 1.62. The number of methoxy groups -OCH3 is 1. The van der Waals surface area contributed by atoms with Gasteiger partial charge in [0.25, 0.3) is 5.91 Å². The maximum absolute atomic E-state index is 12.5. The van der Waals surface area contributed by atoms with Crippen molar-refractivity contribution in [3.05, 3.63) is 52.6 Å². The number of ether oxygens (including phenoxy) is 1. The Bertz CT molecular complexity index is 1280. The van der Waals surface area contributed by atoms with Crippen LogP contribution in [0.1, 0.15) is 15.5 Å². The highest BCUT2D eigenvalue weighted by Crippen LogP contribution is 2.28. The summed E-state index contributed by atoms with van der Waals surface area (Å²) in [5.74, 6) is 1.77. The number of aromatic amines is 1. The number of nitrogens with zero attached hydrogens (tertiary/aromatic N) is 4. The van der Waals surface area contributed by atoms with Crippen LogP contribution in [-0.4, -0.2) is 37.6 Å². The van der Waals surface area contributed by atoms with Crippen molar-refractivity contribution in [2.45, 2.75) is 6.54 Å². The molecule has 4 aromatic heterocycles. The summed E-state index contributed by atoms with van der Waals surface area (Å²) in [5.41, 5.74) is 1.82. The minimum atomic E-state index is -0.158. The van der Waals surface area contributed by atoms with Crippen molar-refractivity contribution in [3.8, 4) is 17.1 Å². The number of benzene rings is 1. The van der Waals surface area contributed by atoms with Gasteiger partial charge in [-0.15, -0.1) is 22.7 Å². The van der Waals surface area contributed by atoms with Crippen molar-refractivity contribution < 1.29 is 9.53 Å². The lowest BCUT2D eigenvalue weighted by Gasteiger charge is -2.00. The van der Waals surface area contributed by atoms with Crippen LogP contribution in [0.5, 0.6) is 5.75 Å². The van der Waals surface area contributed by atoms with Gasteiger partial charge in [-0.1, -0.05) is 0 Å². The topological polar surface area (TPSA) is 97.2 Å². The molecule has 0 aliphatic carbocycles. The molecule has 0 aliphatic rings. The Morgan fingerprint density at radius 1 is 1.29 bits per heavy atom. The molecule has 28 heavy (non-hydrogen) atoms. The molecule has 10 heteroatoms. The summed E-state index contributed by atoms with van der Waals surface area (Å²) < 4.78 is 7.14. The zero-order chi connectivity index (χ0) is 19.1. The van der Waals surface area contributed by atoms with Gasteiger partial charge in [0, 0.05) is 17.1 Å². The first-order chi connectivity index (χ1) is 13.7. The Morgan fingerprint density at radius 2 is 2.14 bits per heavy atom. The molecular formula is C18H14N6O2S2. The molecule has 0 saturated carbocycles. The monoisotopic (exact) mass is 410 g/mol. The smallest absolute Gasteiger partial charge is 0.261 e. The van der Waals surface area contributed by atoms with Gasteiger partial charge in [0.2, 0.25) is 0 Å². The normalized spacial score (nSPS) is 11.3. The van der Waals surface area contributed by atoms with Gasteiger partial charge in [0.15, 0.2) is 10.8 Å². The van der Waals surface area contributed by atoms with Gasteiger partial charge in [-0.25, -0.2) is 9.97 Å². The van der Waals surface area contributed by atoms with Crippen molar-refractivity contribution in [2.75, 3.05) is 7.11 Å². The lowest BCUT2D eigenvalue weighted by Crippen LogP contribution is -2.22. The van der Waals surface area contributed by atoms with Crippen molar-refractivity contribution in [2.24, 2.45) is 0 Å². The van der Waals surface area contributed by atoms with Crippen molar-refractivity contribution in [1.29, 1.82) is 0 Å². The molecule has 0 radical (unpaired) electrons. The largest absolute Gasteiger partial charge is 0.497 e. The molecule has 8 nitrogen and oxygen atoms in total. The zero-order valence-electron chi connectivity index (χ0n) is 14.7. The van der Waals surface area contributed by atoms with Crippen molar-refractivity contribution >= 4 is 43.9 Å². The molecule has 1 aromatic carbocycles. The van der Waals surface area contributed by atoms with Crippen LogP contribution in [0.4, 0.5) is 0 Å². The minimum absolute atomic E-state index is 0.158. The predicted octanol–water partition coefficient (Wildman–Crippen LogP) is 3.33. The number of imidazole rings is 1. The summed E-state index contributed by atoms with van der Waals surface area (Å²) >= 11 is 2.95. The van der Waals surface area contributed by atoms with E-state index in [1.807, 2.05) is 46.3 Å². The predicted molar refractivity (Wildman–Crippen MR) is 108 cm³/mol. The molecule has 0 atom stereocenters. The van der Waals surface area contributed by atoms with Crippen LogP contribution in [0.2, 0.25) is 0 Å². The number of nitrogens with one attached hydrogen (secondary N) is 2. The van der Waals surface area contributed by atoms with Gasteiger partial charge >= 0.3 is 0 Å². The molecule has 0 aliphatic heterocycles. The molecule has 140 valence electrons. The van der Waals surface area contributed by atoms with Crippen LogP contribution < -0.4 is 10.1 Å². The molecule has 1 amide bonds. The number of amides is 1. The van der Waals surface area contributed by atoms with E-state index in [2.05, 4.69) is 25.5 Å². The molecule has 0 saturated heterocycles. The molecule has 0 bridgehead atoms. The summed E-state index contributed by atoms with van der Waals surface area (Å²) in [6.07, 6.45) is 1.96. The standard InChI is InChI=1S/C18H14N6O2S2/c1-26-11-4-2-10(3-5-11)15-20-14(22-23-15)9-19-16(25)13-8-12-17(28-13)21-18-24(12)6-7-27-18/h2-8H,9H2,1H3,(H,19,25)(H,20,22,23). The number of thiazole rings is 1. The second kappa shape index (κ2) is 6.73. The highest BCUT2D eigenvalue weighted by Gasteiger charge is 2.15. The SMILES string of the molecule is COc1ccc(-c2n[nH]c(CNC(=O)c3cc4c(nc5sccn54)s3)n2)cc1. The van der Waals surface area contributed by atoms with E-state index in [0.717, 1.165) is 26.6 Å². The molecule has 5 aromatic rings. The Balaban J connectivity index is 1.28. The maximum Gasteiger partial charge on any atom is 0.261 e. The van der Waals surface area contributed by atoms with E-state index in [0.29, 0.717) is 16.5 Å². The van der Waals surface area contributed by atoms with E-state index in [1.54, 1.807) is 18.4 Å². The van der Waals surface area contributed by atoms with Crippen LogP contribution in [-0.2, 0) is 6.54 Å². The van der Waals surface area contributed by atoms with Gasteiger partial charge in [-0.05, 0) is 30.3 Å². The number of carbonyl (C=O) groups excluding carboxylic acids is 1. The van der Waals surface area contributed by atoms with Crippen LogP contribution in [0, 0.1) is 0 Å². The number of H-pyrrole nitrogens is 1. The first kappa shape index (κ1) is 16.9. The number of thiophene rings is 1. The van der Waals surface area contributed by atoms with E-state index < -0.39 is 0 Å². The fourth-order valence-electron chi connectivity index (χ4n) is 2.85. The highest BCUT2D eigenvalue weighted by atomic mass is 32.1. The third-order valence-corrected chi connectivity index (χ3v) is 6.03. The Morgan fingerprint density at radius 3 is 2.96 bits per heavy atom. The third kappa shape index (κ3) is 2.92. The number of carbonyl (C=O) groups is 1. The molecule has 0 spiro atoms. The van der Waals surface area contributed by atoms with Gasteiger partial charge in [-0.3, -0.25) is 14.3 Å². The fraction of sp³-hybridized carbons (Fsp3) is 0.111. The van der Waals surface area contributed by atoms with Crippen LogP contribution >= 0.6 is 22.7 Å². The minimum Gasteiger partial charge on any atom is -0.497 e. The van der Waals surface area contributed by atoms with E-state index >= 15 is 0 Å². The zero-order valence-corrected chi connectivity index (χ0v) is 16.3. The van der Waals surface area contributed by atoms with E-state index in [9.17, 15) is 4.79 Å². The lowest BCUT2D eigenvalue weighted by atomic mass is 10.2. The van der Waals surface area contributed by atoms with Gasteiger partial charge < -0.3 is 10.1 Å². The Labute approximate surface area is 166 Å². The summed E-state index contributed by atoms with van der Waals surface area (Å²) in [4.78, 5) is 23.9. The second-order valence-corrected chi connectivity index (χ2v) is 7.89. The van der Waals surface area contributed by atoms with Gasteiger partial charge in [-0.2, -0.15) is 5.10 Å². The highest BCUT2D eigenvalue weighted by molar-refractivity contribution is 7.21. The van der Waals surface area contributed by atoms with E-state index in [4.69, 9.17) is 4.74 Å². The molecular weight excluding hydrogens is 396 g/mol. The molecule has 4 heterocycles. The van der Waals surface area contributed by atoms with E-state index in [1.165, 1.54) is 11.3 Å². The summed E-state index contributed by atoms with van der Waals surface area (Å²) in [6, 6.07) is 9.34. The van der Waals surface area contributed by atoms with Gasteiger partial charge in [0.05, 0.1) is 24.0 Å². The van der Waals surface area contributed by atoms with Crippen molar-refractivity contribution in [1.82, 2.24) is 29.9 Å². The summed E-state index contributed by atoms with van der Waals surface area (Å²) in [5, 5.41) is 11.9. The second-order valence-electron chi connectivity index (χ2n) is 5.99. The fourth-order valence-corrected chi connectivity index (χ4v) is 4.57. The first-order valence-corrected chi connectivity index (χ1v) is 10.1. The average Bonchev–Trinajstić information content (AvgIpc) is 3.47. The van der Waals surface area contributed by atoms with Crippen LogP contribution in [0.3, 0.4) is 0 Å². The number of hydrogen-bond donors (Lipinski definition) is 2. The maximum atomic E-state index is 12.5. The molecule has 2 N–H and O–H groups in total. The molecule has 0 unspecified atom stereocenters. The Hall–Kier alpha value is -3.24. The lowest BCUT2D eigenvalue weighted by molar-refractivity contribution is 0.0954. The third-order valence-electron chi connectivity index (χ3n) is 4.26. The van der Waals surface area contributed by atoms with Crippen LogP contribution in [0.15, 0.2) is 41.9 Å².